The Morgan fingerprint density at radius 1 is 1.08 bits per heavy atom. The third-order valence-electron chi connectivity index (χ3n) is 3.51. The summed E-state index contributed by atoms with van der Waals surface area (Å²) in [6.07, 6.45) is 0. The van der Waals surface area contributed by atoms with E-state index in [4.69, 9.17) is 9.47 Å². The Labute approximate surface area is 160 Å². The highest BCUT2D eigenvalue weighted by Crippen LogP contribution is 2.29. The molecule has 0 heterocycles. The number of sulfonamides is 1. The Bertz CT molecular complexity index is 885. The second-order valence-corrected chi connectivity index (χ2v) is 7.98. The fourth-order valence-electron chi connectivity index (χ4n) is 2.12. The van der Waals surface area contributed by atoms with Crippen LogP contribution in [-0.4, -0.2) is 34.6 Å². The Morgan fingerprint density at radius 2 is 1.73 bits per heavy atom. The van der Waals surface area contributed by atoms with E-state index in [1.807, 2.05) is 0 Å². The van der Waals surface area contributed by atoms with Gasteiger partial charge in [-0.25, -0.2) is 8.42 Å². The van der Waals surface area contributed by atoms with Gasteiger partial charge in [-0.3, -0.25) is 4.79 Å². The number of amides is 1. The molecular weight excluding hydrogens is 424 g/mol. The van der Waals surface area contributed by atoms with Gasteiger partial charge in [-0.15, -0.1) is 0 Å². The molecule has 7 nitrogen and oxygen atoms in total. The second kappa shape index (κ2) is 8.52. The summed E-state index contributed by atoms with van der Waals surface area (Å²) in [5.74, 6) is 0.434. The topological polar surface area (TPSA) is 93.7 Å². The van der Waals surface area contributed by atoms with Crippen LogP contribution in [0.5, 0.6) is 11.5 Å². The molecule has 0 bridgehead atoms. The van der Waals surface area contributed by atoms with Crippen LogP contribution in [-0.2, 0) is 14.8 Å². The van der Waals surface area contributed by atoms with Crippen LogP contribution in [0, 0.1) is 0 Å². The van der Waals surface area contributed by atoms with Gasteiger partial charge in [-0.05, 0) is 43.3 Å². The van der Waals surface area contributed by atoms with Gasteiger partial charge in [0.2, 0.25) is 15.9 Å². The zero-order valence-corrected chi connectivity index (χ0v) is 16.8. The van der Waals surface area contributed by atoms with Gasteiger partial charge in [-0.1, -0.05) is 15.9 Å². The first-order valence-corrected chi connectivity index (χ1v) is 9.85. The molecule has 9 heteroatoms. The van der Waals surface area contributed by atoms with Crippen molar-refractivity contribution in [1.82, 2.24) is 4.72 Å². The van der Waals surface area contributed by atoms with Crippen molar-refractivity contribution in [3.8, 4) is 11.5 Å². The van der Waals surface area contributed by atoms with Gasteiger partial charge in [0.15, 0.2) is 0 Å². The smallest absolute Gasteiger partial charge is 0.242 e. The molecule has 0 radical (unpaired) electrons. The van der Waals surface area contributed by atoms with E-state index in [9.17, 15) is 13.2 Å². The van der Waals surface area contributed by atoms with Crippen molar-refractivity contribution in [3.05, 3.63) is 46.9 Å². The maximum Gasteiger partial charge on any atom is 0.242 e. The Hall–Kier alpha value is -2.10. The highest BCUT2D eigenvalue weighted by Gasteiger charge is 2.23. The van der Waals surface area contributed by atoms with Crippen LogP contribution in [0.15, 0.2) is 51.8 Å². The van der Waals surface area contributed by atoms with E-state index in [2.05, 4.69) is 26.0 Å². The van der Waals surface area contributed by atoms with E-state index in [-0.39, 0.29) is 4.90 Å². The van der Waals surface area contributed by atoms with Crippen molar-refractivity contribution in [2.24, 2.45) is 0 Å². The molecule has 2 aromatic carbocycles. The zero-order valence-electron chi connectivity index (χ0n) is 14.4. The largest absolute Gasteiger partial charge is 0.497 e. The van der Waals surface area contributed by atoms with E-state index >= 15 is 0 Å². The Kier molecular flexibility index (Phi) is 6.63. The van der Waals surface area contributed by atoms with E-state index < -0.39 is 22.0 Å². The summed E-state index contributed by atoms with van der Waals surface area (Å²) in [7, 11) is -0.858. The van der Waals surface area contributed by atoms with Gasteiger partial charge in [0.25, 0.3) is 0 Å². The molecule has 0 saturated carbocycles. The summed E-state index contributed by atoms with van der Waals surface area (Å²) in [6.45, 7) is 1.46. The molecule has 2 N–H and O–H groups in total. The van der Waals surface area contributed by atoms with Crippen LogP contribution in [0.1, 0.15) is 6.92 Å². The Balaban J connectivity index is 2.14. The Morgan fingerprint density at radius 3 is 2.31 bits per heavy atom. The van der Waals surface area contributed by atoms with E-state index in [0.29, 0.717) is 17.2 Å². The molecule has 0 unspecified atom stereocenters. The summed E-state index contributed by atoms with van der Waals surface area (Å²) < 4.78 is 38.2. The third kappa shape index (κ3) is 4.96. The summed E-state index contributed by atoms with van der Waals surface area (Å²) in [6, 6.07) is 10.0. The van der Waals surface area contributed by atoms with Crippen molar-refractivity contribution in [2.45, 2.75) is 17.9 Å². The van der Waals surface area contributed by atoms with Gasteiger partial charge < -0.3 is 14.8 Å². The molecule has 1 amide bonds. The van der Waals surface area contributed by atoms with Gasteiger partial charge in [0, 0.05) is 10.5 Å². The number of rotatable bonds is 7. The lowest BCUT2D eigenvalue weighted by atomic mass is 10.2. The third-order valence-corrected chi connectivity index (χ3v) is 5.60. The second-order valence-electron chi connectivity index (χ2n) is 5.35. The predicted molar refractivity (Wildman–Crippen MR) is 102 cm³/mol. The van der Waals surface area contributed by atoms with Crippen molar-refractivity contribution < 1.29 is 22.7 Å². The number of hydrogen-bond donors (Lipinski definition) is 2. The van der Waals surface area contributed by atoms with E-state index in [0.717, 1.165) is 4.47 Å². The minimum atomic E-state index is -3.83. The first-order valence-electron chi connectivity index (χ1n) is 7.57. The number of anilines is 1. The van der Waals surface area contributed by atoms with Crippen molar-refractivity contribution in [3.63, 3.8) is 0 Å². The minimum Gasteiger partial charge on any atom is -0.497 e. The van der Waals surface area contributed by atoms with Crippen molar-refractivity contribution in [1.29, 1.82) is 0 Å². The molecule has 0 aliphatic heterocycles. The summed E-state index contributed by atoms with van der Waals surface area (Å²) in [5.41, 5.74) is 0.381. The fraction of sp³-hybridized carbons (Fsp3) is 0.235. The predicted octanol–water partition coefficient (Wildman–Crippen LogP) is 2.77. The highest BCUT2D eigenvalue weighted by molar-refractivity contribution is 9.10. The summed E-state index contributed by atoms with van der Waals surface area (Å²) >= 11 is 3.25. The molecule has 0 fully saturated rings. The number of ether oxygens (including phenoxy) is 2. The lowest BCUT2D eigenvalue weighted by Crippen LogP contribution is -2.41. The molecule has 0 spiro atoms. The molecule has 0 aromatic heterocycles. The molecule has 26 heavy (non-hydrogen) atoms. The molecular formula is C17H19BrN2O5S. The normalized spacial score (nSPS) is 12.3. The van der Waals surface area contributed by atoms with Crippen LogP contribution in [0.3, 0.4) is 0 Å². The molecule has 140 valence electrons. The van der Waals surface area contributed by atoms with Crippen LogP contribution < -0.4 is 19.5 Å². The van der Waals surface area contributed by atoms with Crippen molar-refractivity contribution in [2.75, 3.05) is 19.5 Å². The summed E-state index contributed by atoms with van der Waals surface area (Å²) in [4.78, 5) is 12.5. The first-order chi connectivity index (χ1) is 12.3. The maximum atomic E-state index is 12.4. The number of carbonyl (C=O) groups excluding carboxylic acids is 1. The molecule has 0 aliphatic carbocycles. The van der Waals surface area contributed by atoms with E-state index in [1.54, 1.807) is 30.3 Å². The molecule has 2 aromatic rings. The van der Waals surface area contributed by atoms with Crippen molar-refractivity contribution >= 4 is 37.5 Å². The lowest BCUT2D eigenvalue weighted by molar-refractivity contribution is -0.117. The zero-order chi connectivity index (χ0) is 19.3. The number of nitrogens with one attached hydrogen (secondary N) is 2. The van der Waals surface area contributed by atoms with Crippen LogP contribution >= 0.6 is 15.9 Å². The van der Waals surface area contributed by atoms with Gasteiger partial charge in [0.05, 0.1) is 30.8 Å². The van der Waals surface area contributed by atoms with Crippen LogP contribution in [0.4, 0.5) is 5.69 Å². The average molecular weight is 443 g/mol. The lowest BCUT2D eigenvalue weighted by Gasteiger charge is -2.16. The highest BCUT2D eigenvalue weighted by atomic mass is 79.9. The fourth-order valence-corrected chi connectivity index (χ4v) is 3.59. The van der Waals surface area contributed by atoms with Gasteiger partial charge in [-0.2, -0.15) is 4.72 Å². The molecule has 0 saturated heterocycles. The summed E-state index contributed by atoms with van der Waals surface area (Å²) in [5, 5.41) is 2.64. The number of carbonyl (C=O) groups is 1. The van der Waals surface area contributed by atoms with Crippen LogP contribution in [0.25, 0.3) is 0 Å². The molecule has 0 aliphatic rings. The number of halogens is 1. The minimum absolute atomic E-state index is 0.0688. The maximum absolute atomic E-state index is 12.4. The number of methoxy groups -OCH3 is 2. The number of benzene rings is 2. The van der Waals surface area contributed by atoms with Gasteiger partial charge >= 0.3 is 0 Å². The monoisotopic (exact) mass is 442 g/mol. The quantitative estimate of drug-likeness (QED) is 0.687. The van der Waals surface area contributed by atoms with E-state index in [1.165, 1.54) is 33.3 Å². The standard InChI is InChI=1S/C17H19BrN2O5S/c1-11(20-26(22,23)14-7-4-12(18)5-8-14)17(21)19-15-10-13(24-2)6-9-16(15)25-3/h4-11,20H,1-3H3,(H,19,21)/t11-/m1/s1. The van der Waals surface area contributed by atoms with Crippen LogP contribution in [0.2, 0.25) is 0 Å². The number of hydrogen-bond acceptors (Lipinski definition) is 5. The van der Waals surface area contributed by atoms with Gasteiger partial charge in [0.1, 0.15) is 11.5 Å². The average Bonchev–Trinajstić information content (AvgIpc) is 2.61. The molecule has 1 atom stereocenters. The first kappa shape index (κ1) is 20.2. The molecule has 2 rings (SSSR count). The SMILES string of the molecule is COc1ccc(OC)c(NC(=O)[C@@H](C)NS(=O)(=O)c2ccc(Br)cc2)c1.